The van der Waals surface area contributed by atoms with Crippen molar-refractivity contribution in [1.82, 2.24) is 15.3 Å². The zero-order valence-electron chi connectivity index (χ0n) is 10.2. The summed E-state index contributed by atoms with van der Waals surface area (Å²) in [5, 5.41) is 13.2. The maximum Gasteiger partial charge on any atom is 0.188 e. The van der Waals surface area contributed by atoms with Crippen molar-refractivity contribution < 1.29 is 5.11 Å². The van der Waals surface area contributed by atoms with Crippen molar-refractivity contribution in [3.8, 4) is 0 Å². The second-order valence-electron chi connectivity index (χ2n) is 3.82. The van der Waals surface area contributed by atoms with Crippen LogP contribution in [0.25, 0.3) is 0 Å². The summed E-state index contributed by atoms with van der Waals surface area (Å²) >= 11 is 1.49. The largest absolute Gasteiger partial charge is 0.391 e. The highest BCUT2D eigenvalue weighted by Crippen LogP contribution is 2.17. The van der Waals surface area contributed by atoms with E-state index >= 15 is 0 Å². The normalized spacial score (nSPS) is 12.8. The van der Waals surface area contributed by atoms with Gasteiger partial charge in [-0.05, 0) is 33.4 Å². The van der Waals surface area contributed by atoms with Gasteiger partial charge >= 0.3 is 0 Å². The minimum absolute atomic E-state index is 0.361. The Morgan fingerprint density at radius 1 is 1.25 bits per heavy atom. The summed E-state index contributed by atoms with van der Waals surface area (Å²) in [4.78, 5) is 8.77. The van der Waals surface area contributed by atoms with Crippen molar-refractivity contribution in [2.45, 2.75) is 32.0 Å². The maximum atomic E-state index is 9.56. The lowest BCUT2D eigenvalue weighted by molar-refractivity contribution is 0.199. The third-order valence-corrected chi connectivity index (χ3v) is 3.45. The average Bonchev–Trinajstić information content (AvgIpc) is 2.23. The molecule has 90 valence electrons. The fraction of sp³-hybridized carbons (Fsp3) is 0.636. The lowest BCUT2D eigenvalue weighted by Crippen LogP contribution is -2.25. The highest BCUT2D eigenvalue weighted by atomic mass is 32.2. The number of aryl methyl sites for hydroxylation is 2. The van der Waals surface area contributed by atoms with Crippen LogP contribution in [0.15, 0.2) is 5.16 Å². The molecule has 1 aromatic heterocycles. The summed E-state index contributed by atoms with van der Waals surface area (Å²) < 4.78 is 0. The quantitative estimate of drug-likeness (QED) is 0.596. The minimum Gasteiger partial charge on any atom is -0.391 e. The van der Waals surface area contributed by atoms with Gasteiger partial charge in [0.1, 0.15) is 0 Å². The van der Waals surface area contributed by atoms with Gasteiger partial charge in [-0.25, -0.2) is 9.97 Å². The van der Waals surface area contributed by atoms with Gasteiger partial charge < -0.3 is 10.4 Å². The maximum absolute atomic E-state index is 9.56. The standard InChI is InChI=1S/C11H19N3OS/c1-7-8(2)13-11(14-9(7)3)16-6-10(15)5-12-4/h10,12,15H,5-6H2,1-4H3. The van der Waals surface area contributed by atoms with Crippen molar-refractivity contribution in [1.29, 1.82) is 0 Å². The van der Waals surface area contributed by atoms with Gasteiger partial charge in [-0.1, -0.05) is 11.8 Å². The molecule has 0 amide bonds. The molecule has 0 radical (unpaired) electrons. The van der Waals surface area contributed by atoms with Crippen LogP contribution in [0.5, 0.6) is 0 Å². The zero-order valence-corrected chi connectivity index (χ0v) is 11.1. The second kappa shape index (κ2) is 6.18. The van der Waals surface area contributed by atoms with E-state index in [2.05, 4.69) is 15.3 Å². The molecule has 0 aliphatic rings. The molecule has 16 heavy (non-hydrogen) atoms. The van der Waals surface area contributed by atoms with E-state index in [-0.39, 0.29) is 6.10 Å². The van der Waals surface area contributed by atoms with Gasteiger partial charge in [0.05, 0.1) is 6.10 Å². The van der Waals surface area contributed by atoms with Crippen LogP contribution in [0, 0.1) is 20.8 Å². The Morgan fingerprint density at radius 3 is 2.31 bits per heavy atom. The number of hydrogen-bond acceptors (Lipinski definition) is 5. The number of likely N-dealkylation sites (N-methyl/N-ethyl adjacent to an activating group) is 1. The minimum atomic E-state index is -0.361. The van der Waals surface area contributed by atoms with Crippen LogP contribution in [0.4, 0.5) is 0 Å². The van der Waals surface area contributed by atoms with Crippen LogP contribution in [0.1, 0.15) is 17.0 Å². The number of rotatable bonds is 5. The second-order valence-corrected chi connectivity index (χ2v) is 4.81. The third kappa shape index (κ3) is 3.73. The summed E-state index contributed by atoms with van der Waals surface area (Å²) in [7, 11) is 1.82. The lowest BCUT2D eigenvalue weighted by atomic mass is 10.2. The van der Waals surface area contributed by atoms with Gasteiger partial charge in [0.25, 0.3) is 0 Å². The number of aliphatic hydroxyl groups excluding tert-OH is 1. The lowest BCUT2D eigenvalue weighted by Gasteiger charge is -2.10. The molecule has 2 N–H and O–H groups in total. The monoisotopic (exact) mass is 241 g/mol. The highest BCUT2D eigenvalue weighted by molar-refractivity contribution is 7.99. The Bertz CT molecular complexity index is 334. The molecule has 0 bridgehead atoms. The molecular formula is C11H19N3OS. The molecule has 0 aliphatic carbocycles. The van der Waals surface area contributed by atoms with Crippen molar-refractivity contribution in [2.75, 3.05) is 19.3 Å². The van der Waals surface area contributed by atoms with Gasteiger partial charge in [0.2, 0.25) is 0 Å². The molecule has 1 unspecified atom stereocenters. The van der Waals surface area contributed by atoms with Gasteiger partial charge in [0.15, 0.2) is 5.16 Å². The Balaban J connectivity index is 2.61. The summed E-state index contributed by atoms with van der Waals surface area (Å²) in [6, 6.07) is 0. The third-order valence-electron chi connectivity index (χ3n) is 2.46. The van der Waals surface area contributed by atoms with Crippen molar-refractivity contribution in [2.24, 2.45) is 0 Å². The van der Waals surface area contributed by atoms with E-state index in [0.29, 0.717) is 12.3 Å². The Hall–Kier alpha value is -0.650. The van der Waals surface area contributed by atoms with Crippen LogP contribution in [0.3, 0.4) is 0 Å². The molecule has 1 heterocycles. The Labute approximate surface area is 101 Å². The first-order valence-corrected chi connectivity index (χ1v) is 6.30. The summed E-state index contributed by atoms with van der Waals surface area (Å²) in [6.07, 6.45) is -0.361. The number of aromatic nitrogens is 2. The van der Waals surface area contributed by atoms with Crippen LogP contribution in [0.2, 0.25) is 0 Å². The molecule has 1 atom stereocenters. The van der Waals surface area contributed by atoms with Crippen molar-refractivity contribution in [3.63, 3.8) is 0 Å². The summed E-state index contributed by atoms with van der Waals surface area (Å²) in [5.74, 6) is 0.614. The number of nitrogens with one attached hydrogen (secondary N) is 1. The van der Waals surface area contributed by atoms with Gasteiger partial charge in [0, 0.05) is 23.7 Å². The summed E-state index contributed by atoms with van der Waals surface area (Å²) in [6.45, 7) is 6.59. The predicted molar refractivity (Wildman–Crippen MR) is 66.9 cm³/mol. The molecule has 1 rings (SSSR count). The van der Waals surface area contributed by atoms with E-state index in [0.717, 1.165) is 22.1 Å². The molecule has 0 fully saturated rings. The number of hydrogen-bond donors (Lipinski definition) is 2. The van der Waals surface area contributed by atoms with Crippen LogP contribution in [-0.2, 0) is 0 Å². The molecule has 0 aliphatic heterocycles. The topological polar surface area (TPSA) is 58.0 Å². The SMILES string of the molecule is CNCC(O)CSc1nc(C)c(C)c(C)n1. The molecule has 4 nitrogen and oxygen atoms in total. The van der Waals surface area contributed by atoms with Crippen molar-refractivity contribution >= 4 is 11.8 Å². The van der Waals surface area contributed by atoms with E-state index in [1.165, 1.54) is 11.8 Å². The molecule has 0 saturated carbocycles. The number of aliphatic hydroxyl groups is 1. The highest BCUT2D eigenvalue weighted by Gasteiger charge is 2.08. The first-order valence-electron chi connectivity index (χ1n) is 5.32. The molecule has 0 saturated heterocycles. The number of thioether (sulfide) groups is 1. The molecular weight excluding hydrogens is 222 g/mol. The zero-order chi connectivity index (χ0) is 12.1. The molecule has 0 aromatic carbocycles. The van der Waals surface area contributed by atoms with E-state index < -0.39 is 0 Å². The Kier molecular flexibility index (Phi) is 5.18. The van der Waals surface area contributed by atoms with Crippen LogP contribution < -0.4 is 5.32 Å². The molecule has 1 aromatic rings. The van der Waals surface area contributed by atoms with Gasteiger partial charge in [-0.3, -0.25) is 0 Å². The fourth-order valence-corrected chi connectivity index (χ4v) is 2.13. The van der Waals surface area contributed by atoms with E-state index in [1.807, 2.05) is 27.8 Å². The van der Waals surface area contributed by atoms with Gasteiger partial charge in [-0.15, -0.1) is 0 Å². The average molecular weight is 241 g/mol. The van der Waals surface area contributed by atoms with E-state index in [1.54, 1.807) is 0 Å². The molecule has 5 heteroatoms. The van der Waals surface area contributed by atoms with Crippen LogP contribution >= 0.6 is 11.8 Å². The fourth-order valence-electron chi connectivity index (χ4n) is 1.27. The van der Waals surface area contributed by atoms with Gasteiger partial charge in [-0.2, -0.15) is 0 Å². The number of nitrogens with zero attached hydrogens (tertiary/aromatic N) is 2. The Morgan fingerprint density at radius 2 is 1.81 bits per heavy atom. The van der Waals surface area contributed by atoms with E-state index in [4.69, 9.17) is 0 Å². The van der Waals surface area contributed by atoms with Crippen molar-refractivity contribution in [3.05, 3.63) is 17.0 Å². The van der Waals surface area contributed by atoms with E-state index in [9.17, 15) is 5.11 Å². The smallest absolute Gasteiger partial charge is 0.188 e. The predicted octanol–water partition coefficient (Wildman–Crippen LogP) is 1.07. The first kappa shape index (κ1) is 13.4. The van der Waals surface area contributed by atoms with Crippen LogP contribution in [-0.4, -0.2) is 40.5 Å². The molecule has 0 spiro atoms. The first-order chi connectivity index (χ1) is 7.54. The summed E-state index contributed by atoms with van der Waals surface area (Å²) in [5.41, 5.74) is 3.16.